The third-order valence-electron chi connectivity index (χ3n) is 3.63. The molecule has 0 aromatic heterocycles. The van der Waals surface area contributed by atoms with Crippen molar-refractivity contribution in [3.8, 4) is 0 Å². The van der Waals surface area contributed by atoms with Crippen molar-refractivity contribution in [1.29, 1.82) is 0 Å². The van der Waals surface area contributed by atoms with Crippen molar-refractivity contribution in [2.24, 2.45) is 0 Å². The molecule has 0 fully saturated rings. The van der Waals surface area contributed by atoms with Crippen LogP contribution in [0.25, 0.3) is 0 Å². The molecule has 0 saturated carbocycles. The van der Waals surface area contributed by atoms with Crippen molar-refractivity contribution in [3.05, 3.63) is 29.3 Å². The molecule has 19 heavy (non-hydrogen) atoms. The number of hydrogen-bond acceptors (Lipinski definition) is 3. The fourth-order valence-electron chi connectivity index (χ4n) is 2.37. The van der Waals surface area contributed by atoms with Gasteiger partial charge in [-0.15, -0.1) is 0 Å². The summed E-state index contributed by atoms with van der Waals surface area (Å²) in [7, 11) is -4.69. The van der Waals surface area contributed by atoms with E-state index in [1.54, 1.807) is 6.07 Å². The summed E-state index contributed by atoms with van der Waals surface area (Å²) in [6, 6.07) is 5.46. The summed E-state index contributed by atoms with van der Waals surface area (Å²) in [4.78, 5) is 31.1. The molecule has 1 aromatic rings. The fourth-order valence-corrected chi connectivity index (χ4v) is 4.74. The zero-order chi connectivity index (χ0) is 14.5. The van der Waals surface area contributed by atoms with Crippen molar-refractivity contribution in [2.45, 2.75) is 52.9 Å². The van der Waals surface area contributed by atoms with Crippen LogP contribution in [0.2, 0.25) is 0 Å². The van der Waals surface area contributed by atoms with Crippen LogP contribution in [0.5, 0.6) is 0 Å². The molecule has 110 valence electrons. The summed E-state index contributed by atoms with van der Waals surface area (Å²) in [6.07, 6.45) is 4.57. The van der Waals surface area contributed by atoms with Gasteiger partial charge in [-0.1, -0.05) is 0 Å². The number of benzene rings is 1. The molecular formula is C15H27O3P. The second-order valence-corrected chi connectivity index (χ2v) is 8.62. The van der Waals surface area contributed by atoms with E-state index in [-0.39, 0.29) is 6.16 Å². The minimum atomic E-state index is -4.69. The maximum absolute atomic E-state index is 10.4. The van der Waals surface area contributed by atoms with E-state index in [2.05, 4.69) is 6.92 Å². The Hall–Kier alpha value is -0.470. The Bertz CT molecular complexity index is 421. The predicted octanol–water partition coefficient (Wildman–Crippen LogP) is 3.04. The van der Waals surface area contributed by atoms with E-state index in [4.69, 9.17) is 0 Å². The molecule has 0 radical (unpaired) electrons. The predicted molar refractivity (Wildman–Crippen MR) is 82.8 cm³/mol. The summed E-state index contributed by atoms with van der Waals surface area (Å²) in [5, 5.41) is 0.341. The molecule has 0 unspecified atom stereocenters. The van der Waals surface area contributed by atoms with Crippen LogP contribution in [0, 0.1) is 6.92 Å². The molecule has 3 nitrogen and oxygen atoms in total. The van der Waals surface area contributed by atoms with Gasteiger partial charge in [-0.25, -0.2) is 0 Å². The zero-order valence-corrected chi connectivity index (χ0v) is 13.2. The van der Waals surface area contributed by atoms with E-state index >= 15 is 0 Å². The van der Waals surface area contributed by atoms with Crippen LogP contribution in [0.1, 0.15) is 50.7 Å². The van der Waals surface area contributed by atoms with Gasteiger partial charge < -0.3 is 0 Å². The standard InChI is InChI=1S/C15H27O3P/c1-4-6-9-14-10-8-11-15(13(14)3)19(16,17,18)12-7-5-2/h8,10-11,16-18H,4-7,9,12H2,1-3H3. The minimum absolute atomic E-state index is 0.0557. The van der Waals surface area contributed by atoms with Gasteiger partial charge in [0.1, 0.15) is 0 Å². The molecule has 0 bridgehead atoms. The summed E-state index contributed by atoms with van der Waals surface area (Å²) >= 11 is 0. The van der Waals surface area contributed by atoms with E-state index in [1.165, 1.54) is 0 Å². The van der Waals surface area contributed by atoms with Gasteiger partial charge in [0.05, 0.1) is 0 Å². The summed E-state index contributed by atoms with van der Waals surface area (Å²) in [6.45, 7) is 5.97. The quantitative estimate of drug-likeness (QED) is 0.675. The van der Waals surface area contributed by atoms with Crippen molar-refractivity contribution in [3.63, 3.8) is 0 Å². The van der Waals surface area contributed by atoms with Crippen molar-refractivity contribution >= 4 is 12.6 Å². The Morgan fingerprint density at radius 3 is 2.21 bits per heavy atom. The SMILES string of the molecule is CCCCc1cccc(P(O)(O)(O)CCCC)c1C. The Balaban J connectivity index is 3.12. The monoisotopic (exact) mass is 286 g/mol. The third-order valence-corrected chi connectivity index (χ3v) is 6.25. The number of aryl methyl sites for hydroxylation is 1. The van der Waals surface area contributed by atoms with E-state index < -0.39 is 7.28 Å². The first-order valence-corrected chi connectivity index (χ1v) is 9.43. The van der Waals surface area contributed by atoms with Gasteiger partial charge in [0.2, 0.25) is 0 Å². The Morgan fingerprint density at radius 1 is 1.00 bits per heavy atom. The van der Waals surface area contributed by atoms with E-state index in [0.717, 1.165) is 36.8 Å². The molecular weight excluding hydrogens is 259 g/mol. The Kier molecular flexibility index (Phi) is 5.52. The van der Waals surface area contributed by atoms with Crippen LogP contribution in [0.3, 0.4) is 0 Å². The summed E-state index contributed by atoms with van der Waals surface area (Å²) < 4.78 is 0. The molecule has 0 aliphatic rings. The van der Waals surface area contributed by atoms with Crippen molar-refractivity contribution < 1.29 is 14.7 Å². The molecule has 4 heteroatoms. The van der Waals surface area contributed by atoms with Crippen LogP contribution in [-0.2, 0) is 6.42 Å². The fraction of sp³-hybridized carbons (Fsp3) is 0.600. The van der Waals surface area contributed by atoms with Gasteiger partial charge in [-0.05, 0) is 0 Å². The molecule has 0 atom stereocenters. The summed E-state index contributed by atoms with van der Waals surface area (Å²) in [5.41, 5.74) is 1.93. The molecule has 0 saturated heterocycles. The Morgan fingerprint density at radius 2 is 1.63 bits per heavy atom. The molecule has 0 aliphatic carbocycles. The maximum atomic E-state index is 10.4. The molecule has 0 spiro atoms. The Labute approximate surface area is 116 Å². The topological polar surface area (TPSA) is 60.7 Å². The van der Waals surface area contributed by atoms with Gasteiger partial charge in [0.25, 0.3) is 0 Å². The first kappa shape index (κ1) is 16.6. The van der Waals surface area contributed by atoms with Crippen LogP contribution in [0.15, 0.2) is 18.2 Å². The first-order chi connectivity index (χ1) is 8.80. The second kappa shape index (κ2) is 6.32. The second-order valence-electron chi connectivity index (χ2n) is 5.39. The zero-order valence-electron chi connectivity index (χ0n) is 12.3. The molecule has 0 heterocycles. The number of hydrogen-bond donors (Lipinski definition) is 3. The van der Waals surface area contributed by atoms with Gasteiger partial charge >= 0.3 is 116 Å². The molecule has 0 aliphatic heterocycles. The van der Waals surface area contributed by atoms with Crippen molar-refractivity contribution in [1.82, 2.24) is 0 Å². The molecule has 1 rings (SSSR count). The van der Waals surface area contributed by atoms with Crippen LogP contribution in [-0.4, -0.2) is 20.8 Å². The van der Waals surface area contributed by atoms with E-state index in [0.29, 0.717) is 11.7 Å². The first-order valence-electron chi connectivity index (χ1n) is 7.15. The molecule has 3 N–H and O–H groups in total. The average Bonchev–Trinajstić information content (AvgIpc) is 2.34. The van der Waals surface area contributed by atoms with Gasteiger partial charge in [0, 0.05) is 0 Å². The van der Waals surface area contributed by atoms with E-state index in [1.807, 2.05) is 26.0 Å². The third kappa shape index (κ3) is 4.25. The van der Waals surface area contributed by atoms with Crippen LogP contribution in [0.4, 0.5) is 0 Å². The van der Waals surface area contributed by atoms with E-state index in [9.17, 15) is 14.7 Å². The van der Waals surface area contributed by atoms with Gasteiger partial charge in [-0.3, -0.25) is 0 Å². The van der Waals surface area contributed by atoms with Crippen molar-refractivity contribution in [2.75, 3.05) is 6.16 Å². The van der Waals surface area contributed by atoms with Gasteiger partial charge in [0.15, 0.2) is 0 Å². The number of unbranched alkanes of at least 4 members (excludes halogenated alkanes) is 2. The summed E-state index contributed by atoms with van der Waals surface area (Å²) in [5.74, 6) is 0. The number of rotatable bonds is 7. The van der Waals surface area contributed by atoms with Crippen LogP contribution >= 0.6 is 7.28 Å². The normalized spacial score (nSPS) is 14.1. The van der Waals surface area contributed by atoms with Crippen LogP contribution < -0.4 is 5.30 Å². The van der Waals surface area contributed by atoms with Gasteiger partial charge in [-0.2, -0.15) is 0 Å². The molecule has 0 amide bonds. The average molecular weight is 286 g/mol. The molecule has 1 aromatic carbocycles.